The second-order valence-corrected chi connectivity index (χ2v) is 4.87. The van der Waals surface area contributed by atoms with Crippen LogP contribution in [-0.4, -0.2) is 6.61 Å². The zero-order valence-electron chi connectivity index (χ0n) is 9.09. The molecule has 1 nitrogen and oxygen atoms in total. The molecule has 3 heteroatoms. The lowest BCUT2D eigenvalue weighted by Gasteiger charge is -2.08. The molecule has 1 aromatic carbocycles. The Balaban J connectivity index is 2.40. The van der Waals surface area contributed by atoms with Gasteiger partial charge in [0.1, 0.15) is 0 Å². The van der Waals surface area contributed by atoms with Crippen molar-refractivity contribution in [1.82, 2.24) is 0 Å². The molecule has 0 radical (unpaired) electrons. The Kier molecular flexibility index (Phi) is 5.09. The van der Waals surface area contributed by atoms with Gasteiger partial charge in [0.15, 0.2) is 11.6 Å². The molecule has 0 amide bonds. The third-order valence-electron chi connectivity index (χ3n) is 2.08. The third-order valence-corrected chi connectivity index (χ3v) is 2.57. The van der Waals surface area contributed by atoms with Crippen LogP contribution >= 0.6 is 15.9 Å². The van der Waals surface area contributed by atoms with Crippen LogP contribution in [0.5, 0.6) is 5.75 Å². The van der Waals surface area contributed by atoms with Gasteiger partial charge in [-0.1, -0.05) is 29.8 Å². The average Bonchev–Trinajstić information content (AvgIpc) is 2.17. The average molecular weight is 275 g/mol. The topological polar surface area (TPSA) is 9.23 Å². The van der Waals surface area contributed by atoms with Gasteiger partial charge in [0.05, 0.1) is 6.61 Å². The van der Waals surface area contributed by atoms with Crippen molar-refractivity contribution in [2.75, 3.05) is 6.61 Å². The van der Waals surface area contributed by atoms with Crippen LogP contribution in [0.2, 0.25) is 0 Å². The highest BCUT2D eigenvalue weighted by Crippen LogP contribution is 2.22. The van der Waals surface area contributed by atoms with E-state index in [2.05, 4.69) is 29.8 Å². The van der Waals surface area contributed by atoms with Crippen LogP contribution in [0, 0.1) is 11.7 Å². The van der Waals surface area contributed by atoms with Crippen LogP contribution in [0.4, 0.5) is 4.39 Å². The molecule has 0 unspecified atom stereocenters. The number of ether oxygens (including phenoxy) is 1. The molecule has 0 fully saturated rings. The summed E-state index contributed by atoms with van der Waals surface area (Å²) in [6.45, 7) is 4.91. The van der Waals surface area contributed by atoms with Gasteiger partial charge in [-0.25, -0.2) is 4.39 Å². The molecule has 0 atom stereocenters. The highest BCUT2D eigenvalue weighted by Gasteiger charge is 2.03. The number of hydrogen-bond acceptors (Lipinski definition) is 1. The normalized spacial score (nSPS) is 10.7. The van der Waals surface area contributed by atoms with Gasteiger partial charge in [0.2, 0.25) is 0 Å². The fraction of sp³-hybridized carbons (Fsp3) is 0.500. The molecule has 0 spiro atoms. The molecule has 0 N–H and O–H groups in total. The third kappa shape index (κ3) is 4.65. The molecule has 1 rings (SSSR count). The summed E-state index contributed by atoms with van der Waals surface area (Å²) in [5, 5.41) is 0. The predicted octanol–water partition coefficient (Wildman–Crippen LogP) is 4.40. The summed E-state index contributed by atoms with van der Waals surface area (Å²) in [4.78, 5) is 0. The summed E-state index contributed by atoms with van der Waals surface area (Å²) in [7, 11) is 0. The summed E-state index contributed by atoms with van der Waals surface area (Å²) in [6.07, 6.45) is 2.07. The first kappa shape index (κ1) is 12.5. The second-order valence-electron chi connectivity index (χ2n) is 3.96. The second kappa shape index (κ2) is 6.11. The van der Waals surface area contributed by atoms with Gasteiger partial charge in [0, 0.05) is 4.47 Å². The van der Waals surface area contributed by atoms with Crippen LogP contribution < -0.4 is 4.74 Å². The largest absolute Gasteiger partial charge is 0.490 e. The Bertz CT molecular complexity index is 312. The molecule has 84 valence electrons. The first-order valence-electron chi connectivity index (χ1n) is 5.17. The molecule has 0 saturated heterocycles. The highest BCUT2D eigenvalue weighted by atomic mass is 79.9. The Morgan fingerprint density at radius 2 is 2.13 bits per heavy atom. The van der Waals surface area contributed by atoms with Crippen molar-refractivity contribution in [1.29, 1.82) is 0 Å². The van der Waals surface area contributed by atoms with Crippen LogP contribution in [0.15, 0.2) is 22.7 Å². The smallest absolute Gasteiger partial charge is 0.165 e. The molecule has 0 aliphatic carbocycles. The van der Waals surface area contributed by atoms with Crippen molar-refractivity contribution in [2.45, 2.75) is 26.7 Å². The quantitative estimate of drug-likeness (QED) is 0.723. The van der Waals surface area contributed by atoms with E-state index in [4.69, 9.17) is 4.74 Å². The van der Waals surface area contributed by atoms with Crippen molar-refractivity contribution in [3.8, 4) is 5.75 Å². The lowest BCUT2D eigenvalue weighted by Crippen LogP contribution is -2.01. The van der Waals surface area contributed by atoms with Crippen molar-refractivity contribution < 1.29 is 9.13 Å². The van der Waals surface area contributed by atoms with E-state index in [0.29, 0.717) is 18.3 Å². The zero-order chi connectivity index (χ0) is 11.3. The number of hydrogen-bond donors (Lipinski definition) is 0. The van der Waals surface area contributed by atoms with Crippen LogP contribution in [0.3, 0.4) is 0 Å². The predicted molar refractivity (Wildman–Crippen MR) is 63.7 cm³/mol. The van der Waals surface area contributed by atoms with Gasteiger partial charge in [-0.05, 0) is 37.0 Å². The van der Waals surface area contributed by atoms with E-state index < -0.39 is 0 Å². The summed E-state index contributed by atoms with van der Waals surface area (Å²) < 4.78 is 19.4. The Hall–Kier alpha value is -0.570. The Morgan fingerprint density at radius 1 is 1.40 bits per heavy atom. The molecule has 0 aliphatic rings. The zero-order valence-corrected chi connectivity index (χ0v) is 10.7. The van der Waals surface area contributed by atoms with Crippen LogP contribution in [-0.2, 0) is 0 Å². The van der Waals surface area contributed by atoms with Crippen molar-refractivity contribution in [3.63, 3.8) is 0 Å². The van der Waals surface area contributed by atoms with Gasteiger partial charge in [0.25, 0.3) is 0 Å². The van der Waals surface area contributed by atoms with E-state index in [-0.39, 0.29) is 5.82 Å². The molecule has 0 aromatic heterocycles. The molecular weight excluding hydrogens is 259 g/mol. The minimum atomic E-state index is -0.303. The lowest BCUT2D eigenvalue weighted by molar-refractivity contribution is 0.284. The lowest BCUT2D eigenvalue weighted by atomic mass is 10.1. The minimum Gasteiger partial charge on any atom is -0.490 e. The molecular formula is C12H16BrFO. The number of rotatable bonds is 5. The Morgan fingerprint density at radius 3 is 2.80 bits per heavy atom. The van der Waals surface area contributed by atoms with Crippen molar-refractivity contribution in [2.24, 2.45) is 5.92 Å². The van der Waals surface area contributed by atoms with E-state index in [1.54, 1.807) is 12.1 Å². The SMILES string of the molecule is CC(C)CCCOc1cc(Br)ccc1F. The fourth-order valence-electron chi connectivity index (χ4n) is 1.26. The summed E-state index contributed by atoms with van der Waals surface area (Å²) in [6, 6.07) is 4.73. The van der Waals surface area contributed by atoms with Gasteiger partial charge in [-0.15, -0.1) is 0 Å². The highest BCUT2D eigenvalue weighted by molar-refractivity contribution is 9.10. The van der Waals surface area contributed by atoms with Crippen LogP contribution in [0.25, 0.3) is 0 Å². The maximum absolute atomic E-state index is 13.2. The number of benzene rings is 1. The van der Waals surface area contributed by atoms with Gasteiger partial charge in [-0.3, -0.25) is 0 Å². The first-order valence-corrected chi connectivity index (χ1v) is 5.96. The Labute approximate surface area is 98.8 Å². The molecule has 0 saturated carbocycles. The first-order chi connectivity index (χ1) is 7.09. The summed E-state index contributed by atoms with van der Waals surface area (Å²) in [5.74, 6) is 0.692. The molecule has 0 bridgehead atoms. The molecule has 0 heterocycles. The summed E-state index contributed by atoms with van der Waals surface area (Å²) >= 11 is 3.28. The van der Waals surface area contributed by atoms with Crippen molar-refractivity contribution >= 4 is 15.9 Å². The van der Waals surface area contributed by atoms with Crippen molar-refractivity contribution in [3.05, 3.63) is 28.5 Å². The molecule has 0 aliphatic heterocycles. The van der Waals surface area contributed by atoms with E-state index in [1.807, 2.05) is 0 Å². The standard InChI is InChI=1S/C12H16BrFO/c1-9(2)4-3-7-15-12-8-10(13)5-6-11(12)14/h5-6,8-9H,3-4,7H2,1-2H3. The maximum Gasteiger partial charge on any atom is 0.165 e. The monoisotopic (exact) mass is 274 g/mol. The van der Waals surface area contributed by atoms with Gasteiger partial charge >= 0.3 is 0 Å². The van der Waals surface area contributed by atoms with E-state index >= 15 is 0 Å². The molecule has 1 aromatic rings. The number of halogens is 2. The molecule has 15 heavy (non-hydrogen) atoms. The summed E-state index contributed by atoms with van der Waals surface area (Å²) in [5.41, 5.74) is 0. The van der Waals surface area contributed by atoms with E-state index in [0.717, 1.165) is 17.3 Å². The van der Waals surface area contributed by atoms with E-state index in [9.17, 15) is 4.39 Å². The van der Waals surface area contributed by atoms with Gasteiger partial charge in [-0.2, -0.15) is 0 Å². The maximum atomic E-state index is 13.2. The van der Waals surface area contributed by atoms with Gasteiger partial charge < -0.3 is 4.74 Å². The fourth-order valence-corrected chi connectivity index (χ4v) is 1.60. The van der Waals surface area contributed by atoms with E-state index in [1.165, 1.54) is 6.07 Å². The van der Waals surface area contributed by atoms with Crippen LogP contribution in [0.1, 0.15) is 26.7 Å². The minimum absolute atomic E-state index is 0.303.